The molecule has 0 atom stereocenters. The fourth-order valence-corrected chi connectivity index (χ4v) is 3.33. The smallest absolute Gasteiger partial charge is 0.416 e. The van der Waals surface area contributed by atoms with Gasteiger partial charge in [0.05, 0.1) is 11.3 Å². The van der Waals surface area contributed by atoms with E-state index in [0.717, 1.165) is 34.2 Å². The molecule has 9 heteroatoms. The van der Waals surface area contributed by atoms with Crippen LogP contribution in [0.25, 0.3) is 11.4 Å². The maximum atomic E-state index is 12.9. The first-order valence-corrected chi connectivity index (χ1v) is 9.31. The highest BCUT2D eigenvalue weighted by Crippen LogP contribution is 2.34. The summed E-state index contributed by atoms with van der Waals surface area (Å²) >= 11 is 1.38. The Morgan fingerprint density at radius 3 is 2.82 bits per heavy atom. The van der Waals surface area contributed by atoms with Crippen molar-refractivity contribution in [2.45, 2.75) is 18.9 Å². The Bertz CT molecular complexity index is 1050. The molecule has 0 unspecified atom stereocenters. The molecule has 0 bridgehead atoms. The van der Waals surface area contributed by atoms with E-state index in [1.807, 2.05) is 25.1 Å². The van der Waals surface area contributed by atoms with E-state index >= 15 is 0 Å². The minimum absolute atomic E-state index is 0.115. The van der Waals surface area contributed by atoms with E-state index in [4.69, 9.17) is 9.26 Å². The molecule has 5 nitrogen and oxygen atoms in total. The van der Waals surface area contributed by atoms with Crippen molar-refractivity contribution in [2.75, 3.05) is 6.61 Å². The van der Waals surface area contributed by atoms with Gasteiger partial charge in [-0.05, 0) is 36.8 Å². The number of fused-ring (bicyclic) bond motifs is 1. The van der Waals surface area contributed by atoms with Crippen LogP contribution in [0.4, 0.5) is 18.9 Å². The second-order valence-corrected chi connectivity index (χ2v) is 7.19. The lowest BCUT2D eigenvalue weighted by Gasteiger charge is -2.16. The van der Waals surface area contributed by atoms with E-state index in [1.54, 1.807) is 0 Å². The second-order valence-electron chi connectivity index (χ2n) is 6.14. The summed E-state index contributed by atoms with van der Waals surface area (Å²) in [5.74, 6) is 1.50. The minimum atomic E-state index is -4.42. The van der Waals surface area contributed by atoms with Gasteiger partial charge in [-0.1, -0.05) is 35.1 Å². The summed E-state index contributed by atoms with van der Waals surface area (Å²) in [7, 11) is 0. The van der Waals surface area contributed by atoms with Crippen LogP contribution in [-0.4, -0.2) is 21.8 Å². The molecular weight excluding hydrogens is 391 g/mol. The normalized spacial score (nSPS) is 13.6. The van der Waals surface area contributed by atoms with Crippen LogP contribution < -0.4 is 4.74 Å². The predicted molar refractivity (Wildman–Crippen MR) is 99.8 cm³/mol. The molecule has 0 amide bonds. The third-order valence-electron chi connectivity index (χ3n) is 3.99. The van der Waals surface area contributed by atoms with Gasteiger partial charge in [-0.2, -0.15) is 18.2 Å². The van der Waals surface area contributed by atoms with Crippen LogP contribution in [0.2, 0.25) is 0 Å². The molecule has 2 heterocycles. The lowest BCUT2D eigenvalue weighted by Crippen LogP contribution is -2.12. The summed E-state index contributed by atoms with van der Waals surface area (Å²) in [5.41, 5.74) is 1.35. The Hall–Kier alpha value is -2.81. The number of hydrogen-bond donors (Lipinski definition) is 0. The van der Waals surface area contributed by atoms with Crippen LogP contribution >= 0.6 is 11.8 Å². The van der Waals surface area contributed by atoms with Crippen LogP contribution in [0.15, 0.2) is 52.0 Å². The number of thioether (sulfide) groups is 1. The molecule has 0 saturated heterocycles. The number of rotatable bonds is 3. The molecule has 0 N–H and O–H groups in total. The number of nitrogens with zero attached hydrogens (tertiary/aromatic N) is 3. The van der Waals surface area contributed by atoms with Gasteiger partial charge in [0.1, 0.15) is 23.1 Å². The number of hydrogen-bond acceptors (Lipinski definition) is 6. The maximum Gasteiger partial charge on any atom is 0.416 e. The molecule has 4 rings (SSSR count). The number of ether oxygens (including phenoxy) is 1. The lowest BCUT2D eigenvalue weighted by atomic mass is 10.1. The molecule has 1 aliphatic heterocycles. The molecule has 144 valence electrons. The topological polar surface area (TPSA) is 60.5 Å². The fourth-order valence-electron chi connectivity index (χ4n) is 2.62. The number of halogens is 3. The van der Waals surface area contributed by atoms with Gasteiger partial charge in [0.2, 0.25) is 11.7 Å². The van der Waals surface area contributed by atoms with E-state index in [1.165, 1.54) is 23.9 Å². The summed E-state index contributed by atoms with van der Waals surface area (Å²) < 4.78 is 49.4. The van der Waals surface area contributed by atoms with Crippen molar-refractivity contribution in [2.24, 2.45) is 4.99 Å². The summed E-state index contributed by atoms with van der Waals surface area (Å²) in [6.07, 6.45) is -4.42. The van der Waals surface area contributed by atoms with Crippen molar-refractivity contribution in [1.82, 2.24) is 10.1 Å². The molecule has 1 aromatic heterocycles. The first-order chi connectivity index (χ1) is 13.4. The minimum Gasteiger partial charge on any atom is -0.484 e. The lowest BCUT2D eigenvalue weighted by molar-refractivity contribution is -0.137. The second kappa shape index (κ2) is 7.31. The quantitative estimate of drug-likeness (QED) is 0.582. The third-order valence-corrected chi connectivity index (χ3v) is 4.92. The van der Waals surface area contributed by atoms with Crippen molar-refractivity contribution in [3.05, 3.63) is 59.5 Å². The highest BCUT2D eigenvalue weighted by atomic mass is 32.2. The van der Waals surface area contributed by atoms with Gasteiger partial charge in [0.15, 0.2) is 0 Å². The van der Waals surface area contributed by atoms with Crippen molar-refractivity contribution >= 4 is 22.5 Å². The van der Waals surface area contributed by atoms with Crippen LogP contribution in [0.1, 0.15) is 17.0 Å². The molecular formula is C19H14F3N3O2S. The summed E-state index contributed by atoms with van der Waals surface area (Å²) in [4.78, 5) is 8.73. The third kappa shape index (κ3) is 4.04. The van der Waals surface area contributed by atoms with Crippen LogP contribution in [0.5, 0.6) is 5.75 Å². The summed E-state index contributed by atoms with van der Waals surface area (Å²) in [6, 6.07) is 10.6. The molecule has 0 fully saturated rings. The number of aliphatic imine (C=N–C) groups is 1. The van der Waals surface area contributed by atoms with Crippen LogP contribution in [0.3, 0.4) is 0 Å². The number of alkyl halides is 3. The SMILES string of the molecule is Cc1ccc2c(c1)OCC(SCc1nc(-c3cccc(C(F)(F)F)c3)no1)=N2. The van der Waals surface area contributed by atoms with Gasteiger partial charge in [-0.25, -0.2) is 4.99 Å². The highest BCUT2D eigenvalue weighted by Gasteiger charge is 2.30. The zero-order chi connectivity index (χ0) is 19.7. The standard InChI is InChI=1S/C19H14F3N3O2S/c1-11-5-6-14-15(7-11)26-9-17(23-14)28-10-16-24-18(25-27-16)12-3-2-4-13(8-12)19(20,21)22/h2-8H,9-10H2,1H3. The van der Waals surface area contributed by atoms with Gasteiger partial charge < -0.3 is 9.26 Å². The Kier molecular flexibility index (Phi) is 4.84. The van der Waals surface area contributed by atoms with E-state index in [9.17, 15) is 13.2 Å². The average Bonchev–Trinajstić information content (AvgIpc) is 3.15. The van der Waals surface area contributed by atoms with Crippen LogP contribution in [-0.2, 0) is 11.9 Å². The largest absolute Gasteiger partial charge is 0.484 e. The fraction of sp³-hybridized carbons (Fsp3) is 0.211. The van der Waals surface area contributed by atoms with Gasteiger partial charge in [0, 0.05) is 5.56 Å². The first-order valence-electron chi connectivity index (χ1n) is 8.32. The van der Waals surface area contributed by atoms with Gasteiger partial charge in [-0.15, -0.1) is 0 Å². The van der Waals surface area contributed by atoms with E-state index in [0.29, 0.717) is 18.3 Å². The Balaban J connectivity index is 1.45. The zero-order valence-electron chi connectivity index (χ0n) is 14.7. The number of aryl methyl sites for hydroxylation is 1. The molecule has 2 aromatic carbocycles. The van der Waals surface area contributed by atoms with Crippen LogP contribution in [0, 0.1) is 6.92 Å². The Labute approximate surface area is 162 Å². The highest BCUT2D eigenvalue weighted by molar-refractivity contribution is 8.13. The van der Waals surface area contributed by atoms with E-state index in [-0.39, 0.29) is 11.4 Å². The van der Waals surface area contributed by atoms with E-state index in [2.05, 4.69) is 15.1 Å². The van der Waals surface area contributed by atoms with Gasteiger partial charge in [-0.3, -0.25) is 0 Å². The monoisotopic (exact) mass is 405 g/mol. The van der Waals surface area contributed by atoms with Gasteiger partial charge in [0.25, 0.3) is 0 Å². The summed E-state index contributed by atoms with van der Waals surface area (Å²) in [5, 5.41) is 4.54. The number of benzene rings is 2. The van der Waals surface area contributed by atoms with E-state index < -0.39 is 11.7 Å². The molecule has 28 heavy (non-hydrogen) atoms. The average molecular weight is 405 g/mol. The Morgan fingerprint density at radius 1 is 1.14 bits per heavy atom. The molecule has 0 spiro atoms. The molecule has 3 aromatic rings. The van der Waals surface area contributed by atoms with Gasteiger partial charge >= 0.3 is 6.18 Å². The van der Waals surface area contributed by atoms with Crippen molar-refractivity contribution in [3.63, 3.8) is 0 Å². The first kappa shape index (κ1) is 18.5. The van der Waals surface area contributed by atoms with Crippen molar-refractivity contribution in [3.8, 4) is 17.1 Å². The predicted octanol–water partition coefficient (Wildman–Crippen LogP) is 5.42. The Morgan fingerprint density at radius 2 is 2.00 bits per heavy atom. The molecule has 0 saturated carbocycles. The van der Waals surface area contributed by atoms with Crippen molar-refractivity contribution in [1.29, 1.82) is 0 Å². The maximum absolute atomic E-state index is 12.9. The summed E-state index contributed by atoms with van der Waals surface area (Å²) in [6.45, 7) is 2.32. The molecule has 0 radical (unpaired) electrons. The van der Waals surface area contributed by atoms with Crippen molar-refractivity contribution < 1.29 is 22.4 Å². The molecule has 1 aliphatic rings. The molecule has 0 aliphatic carbocycles. The zero-order valence-corrected chi connectivity index (χ0v) is 15.5. The number of aromatic nitrogens is 2.